The van der Waals surface area contributed by atoms with E-state index in [2.05, 4.69) is 19.2 Å². The highest BCUT2D eigenvalue weighted by atomic mass is 19.2. The number of hydrogen-bond donors (Lipinski definition) is 1. The number of benzene rings is 1. The minimum absolute atomic E-state index is 0.597. The molecule has 0 saturated heterocycles. The average Bonchev–Trinajstić information content (AvgIpc) is 2.37. The van der Waals surface area contributed by atoms with Crippen LogP contribution in [0.3, 0.4) is 0 Å². The summed E-state index contributed by atoms with van der Waals surface area (Å²) in [6.07, 6.45) is 4.87. The molecule has 1 N–H and O–H groups in total. The van der Waals surface area contributed by atoms with Gasteiger partial charge in [0, 0.05) is 6.54 Å². The zero-order valence-corrected chi connectivity index (χ0v) is 11.3. The van der Waals surface area contributed by atoms with E-state index in [0.29, 0.717) is 12.5 Å². The number of halogens is 2. The summed E-state index contributed by atoms with van der Waals surface area (Å²) < 4.78 is 25.7. The van der Waals surface area contributed by atoms with Crippen LogP contribution in [0.1, 0.15) is 45.1 Å². The van der Waals surface area contributed by atoms with E-state index in [1.54, 1.807) is 6.07 Å². The van der Waals surface area contributed by atoms with E-state index < -0.39 is 11.6 Å². The quantitative estimate of drug-likeness (QED) is 0.731. The first-order valence-corrected chi connectivity index (χ1v) is 6.82. The van der Waals surface area contributed by atoms with E-state index in [4.69, 9.17) is 0 Å². The van der Waals surface area contributed by atoms with Gasteiger partial charge >= 0.3 is 0 Å². The van der Waals surface area contributed by atoms with Crippen LogP contribution in [0, 0.1) is 17.6 Å². The van der Waals surface area contributed by atoms with Gasteiger partial charge in [-0.25, -0.2) is 8.78 Å². The van der Waals surface area contributed by atoms with Crippen LogP contribution in [-0.4, -0.2) is 6.54 Å². The Bertz CT molecular complexity index is 352. The van der Waals surface area contributed by atoms with E-state index in [1.807, 2.05) is 0 Å². The van der Waals surface area contributed by atoms with Gasteiger partial charge < -0.3 is 5.32 Å². The maximum Gasteiger partial charge on any atom is 0.159 e. The average molecular weight is 255 g/mol. The van der Waals surface area contributed by atoms with Gasteiger partial charge in [0.25, 0.3) is 0 Å². The van der Waals surface area contributed by atoms with Crippen LogP contribution >= 0.6 is 0 Å². The maximum absolute atomic E-state index is 13.0. The van der Waals surface area contributed by atoms with Crippen LogP contribution in [0.4, 0.5) is 8.78 Å². The lowest BCUT2D eigenvalue weighted by Gasteiger charge is -2.15. The molecule has 0 aliphatic carbocycles. The molecule has 1 aromatic rings. The molecule has 0 aliphatic heterocycles. The van der Waals surface area contributed by atoms with Crippen LogP contribution in [0.25, 0.3) is 0 Å². The van der Waals surface area contributed by atoms with E-state index in [-0.39, 0.29) is 0 Å². The first kappa shape index (κ1) is 15.1. The van der Waals surface area contributed by atoms with Crippen molar-refractivity contribution in [3.05, 3.63) is 35.4 Å². The maximum atomic E-state index is 13.0. The standard InChI is InChI=1S/C15H23F2N/c1-3-5-6-12(4-2)10-18-11-13-7-8-14(16)15(17)9-13/h7-9,12,18H,3-6,10-11H2,1-2H3. The molecule has 0 aromatic heterocycles. The predicted octanol–water partition coefficient (Wildman–Crippen LogP) is 4.27. The fourth-order valence-electron chi connectivity index (χ4n) is 2.01. The van der Waals surface area contributed by atoms with Gasteiger partial charge in [0.15, 0.2) is 11.6 Å². The first-order chi connectivity index (χ1) is 8.67. The summed E-state index contributed by atoms with van der Waals surface area (Å²) in [5.41, 5.74) is 0.791. The van der Waals surface area contributed by atoms with E-state index >= 15 is 0 Å². The lowest BCUT2D eigenvalue weighted by Crippen LogP contribution is -2.22. The van der Waals surface area contributed by atoms with Crippen LogP contribution in [0.2, 0.25) is 0 Å². The molecule has 18 heavy (non-hydrogen) atoms. The Hall–Kier alpha value is -0.960. The summed E-state index contributed by atoms with van der Waals surface area (Å²) >= 11 is 0. The Morgan fingerprint density at radius 3 is 2.56 bits per heavy atom. The second-order valence-electron chi connectivity index (χ2n) is 4.80. The van der Waals surface area contributed by atoms with E-state index in [1.165, 1.54) is 31.4 Å². The molecule has 0 bridgehead atoms. The molecule has 0 radical (unpaired) electrons. The number of nitrogens with one attached hydrogen (secondary N) is 1. The summed E-state index contributed by atoms with van der Waals surface area (Å²) in [7, 11) is 0. The summed E-state index contributed by atoms with van der Waals surface area (Å²) in [5.74, 6) is -0.879. The normalized spacial score (nSPS) is 12.7. The van der Waals surface area contributed by atoms with Gasteiger partial charge in [-0.2, -0.15) is 0 Å². The van der Waals surface area contributed by atoms with Gasteiger partial charge in [0.1, 0.15) is 0 Å². The van der Waals surface area contributed by atoms with Crippen molar-refractivity contribution < 1.29 is 8.78 Å². The smallest absolute Gasteiger partial charge is 0.159 e. The Labute approximate surface area is 109 Å². The molecular formula is C15H23F2N. The SMILES string of the molecule is CCCCC(CC)CNCc1ccc(F)c(F)c1. The van der Waals surface area contributed by atoms with Crippen molar-refractivity contribution in [1.82, 2.24) is 5.32 Å². The number of unbranched alkanes of at least 4 members (excludes halogenated alkanes) is 1. The molecule has 0 saturated carbocycles. The van der Waals surface area contributed by atoms with Crippen LogP contribution < -0.4 is 5.32 Å². The fourth-order valence-corrected chi connectivity index (χ4v) is 2.01. The van der Waals surface area contributed by atoms with Crippen molar-refractivity contribution in [3.8, 4) is 0 Å². The third kappa shape index (κ3) is 5.13. The van der Waals surface area contributed by atoms with Crippen molar-refractivity contribution in [2.45, 2.75) is 46.1 Å². The van der Waals surface area contributed by atoms with E-state index in [9.17, 15) is 8.78 Å². The first-order valence-electron chi connectivity index (χ1n) is 6.82. The van der Waals surface area contributed by atoms with E-state index in [0.717, 1.165) is 18.5 Å². The molecule has 0 spiro atoms. The molecule has 0 fully saturated rings. The van der Waals surface area contributed by atoms with Crippen molar-refractivity contribution in [2.75, 3.05) is 6.54 Å². The Morgan fingerprint density at radius 1 is 1.17 bits per heavy atom. The zero-order valence-electron chi connectivity index (χ0n) is 11.3. The predicted molar refractivity (Wildman–Crippen MR) is 71.4 cm³/mol. The summed E-state index contributed by atoms with van der Waals surface area (Å²) in [6, 6.07) is 4.06. The monoisotopic (exact) mass is 255 g/mol. The molecule has 1 nitrogen and oxygen atoms in total. The summed E-state index contributed by atoms with van der Waals surface area (Å²) in [6.45, 7) is 5.93. The molecule has 0 aliphatic rings. The molecule has 1 atom stereocenters. The van der Waals surface area contributed by atoms with Gasteiger partial charge in [-0.1, -0.05) is 39.2 Å². The third-order valence-corrected chi connectivity index (χ3v) is 3.29. The van der Waals surface area contributed by atoms with Crippen LogP contribution in [0.15, 0.2) is 18.2 Å². The van der Waals surface area contributed by atoms with Gasteiger partial charge in [0.05, 0.1) is 0 Å². The minimum Gasteiger partial charge on any atom is -0.312 e. The highest BCUT2D eigenvalue weighted by molar-refractivity contribution is 5.17. The van der Waals surface area contributed by atoms with Crippen LogP contribution in [-0.2, 0) is 6.54 Å². The third-order valence-electron chi connectivity index (χ3n) is 3.29. The fraction of sp³-hybridized carbons (Fsp3) is 0.600. The Kier molecular flexibility index (Phi) is 6.88. The molecule has 1 unspecified atom stereocenters. The van der Waals surface area contributed by atoms with Crippen molar-refractivity contribution in [3.63, 3.8) is 0 Å². The second kappa shape index (κ2) is 8.20. The van der Waals surface area contributed by atoms with Crippen molar-refractivity contribution >= 4 is 0 Å². The number of rotatable bonds is 8. The topological polar surface area (TPSA) is 12.0 Å². The van der Waals surface area contributed by atoms with Crippen molar-refractivity contribution in [1.29, 1.82) is 0 Å². The molecule has 0 amide bonds. The minimum atomic E-state index is -0.784. The van der Waals surface area contributed by atoms with Gasteiger partial charge in [-0.15, -0.1) is 0 Å². The lowest BCUT2D eigenvalue weighted by molar-refractivity contribution is 0.418. The highest BCUT2D eigenvalue weighted by Gasteiger charge is 2.06. The summed E-state index contributed by atoms with van der Waals surface area (Å²) in [5, 5.41) is 3.32. The molecule has 102 valence electrons. The lowest BCUT2D eigenvalue weighted by atomic mass is 9.99. The van der Waals surface area contributed by atoms with Gasteiger partial charge in [-0.3, -0.25) is 0 Å². The Balaban J connectivity index is 2.33. The highest BCUT2D eigenvalue weighted by Crippen LogP contribution is 2.12. The molecule has 0 heterocycles. The summed E-state index contributed by atoms with van der Waals surface area (Å²) in [4.78, 5) is 0. The zero-order chi connectivity index (χ0) is 13.4. The second-order valence-corrected chi connectivity index (χ2v) is 4.80. The van der Waals surface area contributed by atoms with Crippen LogP contribution in [0.5, 0.6) is 0 Å². The molecule has 1 aromatic carbocycles. The molecule has 1 rings (SSSR count). The van der Waals surface area contributed by atoms with Crippen molar-refractivity contribution in [2.24, 2.45) is 5.92 Å². The van der Waals surface area contributed by atoms with Gasteiger partial charge in [-0.05, 0) is 36.6 Å². The molecular weight excluding hydrogens is 232 g/mol. The number of hydrogen-bond acceptors (Lipinski definition) is 1. The Morgan fingerprint density at radius 2 is 1.94 bits per heavy atom. The molecule has 3 heteroatoms. The van der Waals surface area contributed by atoms with Gasteiger partial charge in [0.2, 0.25) is 0 Å². The largest absolute Gasteiger partial charge is 0.312 e.